The molecule has 1 aromatic heterocycles. The SMILES string of the molecule is CC(=O)NNC(=O)CC1c2c(cnn2C)C2CN1C(=O)N2. The first-order valence-corrected chi connectivity index (χ1v) is 6.61. The van der Waals surface area contributed by atoms with Crippen LogP contribution < -0.4 is 16.2 Å². The van der Waals surface area contributed by atoms with Gasteiger partial charge in [-0.1, -0.05) is 0 Å². The molecule has 2 atom stereocenters. The standard InChI is InChI=1S/C12H16N6O3/c1-6(19)15-16-10(20)3-9-11-7(4-13-17(11)2)8-5-18(9)12(21)14-8/h4,8-9H,3,5H2,1-2H3,(H,14,21)(H,15,19)(H,16,20). The summed E-state index contributed by atoms with van der Waals surface area (Å²) in [7, 11) is 1.79. The van der Waals surface area contributed by atoms with E-state index in [2.05, 4.69) is 21.3 Å². The largest absolute Gasteiger partial charge is 0.329 e. The second-order valence-electron chi connectivity index (χ2n) is 5.21. The van der Waals surface area contributed by atoms with Gasteiger partial charge in [0.25, 0.3) is 0 Å². The lowest BCUT2D eigenvalue weighted by Gasteiger charge is -2.31. The molecule has 3 N–H and O–H groups in total. The van der Waals surface area contributed by atoms with Crippen molar-refractivity contribution in [2.24, 2.45) is 7.05 Å². The molecule has 3 heterocycles. The Balaban J connectivity index is 1.83. The molecule has 2 bridgehead atoms. The van der Waals surface area contributed by atoms with Crippen molar-refractivity contribution in [1.29, 1.82) is 0 Å². The topological polar surface area (TPSA) is 108 Å². The molecule has 1 aromatic rings. The predicted octanol–water partition coefficient (Wildman–Crippen LogP) is -0.901. The Kier molecular flexibility index (Phi) is 3.04. The summed E-state index contributed by atoms with van der Waals surface area (Å²) in [5.74, 6) is -0.715. The van der Waals surface area contributed by atoms with Crippen LogP contribution in [0.1, 0.15) is 36.7 Å². The number of fused-ring (bicyclic) bond motifs is 4. The zero-order valence-corrected chi connectivity index (χ0v) is 11.7. The number of hydrogen-bond acceptors (Lipinski definition) is 4. The van der Waals surface area contributed by atoms with Gasteiger partial charge in [0.05, 0.1) is 30.4 Å². The third kappa shape index (κ3) is 2.20. The van der Waals surface area contributed by atoms with Crippen molar-refractivity contribution >= 4 is 17.8 Å². The van der Waals surface area contributed by atoms with E-state index in [-0.39, 0.29) is 36.3 Å². The number of carbonyl (C=O) groups is 3. The van der Waals surface area contributed by atoms with E-state index in [4.69, 9.17) is 0 Å². The van der Waals surface area contributed by atoms with Crippen molar-refractivity contribution in [2.45, 2.75) is 25.4 Å². The van der Waals surface area contributed by atoms with Gasteiger partial charge in [-0.2, -0.15) is 5.10 Å². The van der Waals surface area contributed by atoms with E-state index in [0.717, 1.165) is 11.3 Å². The van der Waals surface area contributed by atoms with E-state index >= 15 is 0 Å². The minimum atomic E-state index is -0.389. The van der Waals surface area contributed by atoms with Crippen molar-refractivity contribution in [3.8, 4) is 0 Å². The fraction of sp³-hybridized carbons (Fsp3) is 0.500. The van der Waals surface area contributed by atoms with Crippen LogP contribution in [0.2, 0.25) is 0 Å². The van der Waals surface area contributed by atoms with E-state index < -0.39 is 0 Å². The maximum atomic E-state index is 12.0. The smallest absolute Gasteiger partial charge is 0.318 e. The van der Waals surface area contributed by atoms with Gasteiger partial charge in [-0.3, -0.25) is 25.1 Å². The molecule has 2 aliphatic rings. The lowest BCUT2D eigenvalue weighted by atomic mass is 9.96. The van der Waals surface area contributed by atoms with Crippen LogP contribution in [0.25, 0.3) is 0 Å². The summed E-state index contributed by atoms with van der Waals surface area (Å²) in [5, 5.41) is 7.08. The molecule has 2 unspecified atom stereocenters. The maximum Gasteiger partial charge on any atom is 0.318 e. The highest BCUT2D eigenvalue weighted by Gasteiger charge is 2.44. The van der Waals surface area contributed by atoms with Crippen LogP contribution in [-0.2, 0) is 16.6 Å². The molecule has 3 rings (SSSR count). The van der Waals surface area contributed by atoms with Gasteiger partial charge in [0.15, 0.2) is 0 Å². The minimum Gasteiger partial charge on any atom is -0.329 e. The van der Waals surface area contributed by atoms with Crippen molar-refractivity contribution < 1.29 is 14.4 Å². The quantitative estimate of drug-likeness (QED) is 0.614. The monoisotopic (exact) mass is 292 g/mol. The highest BCUT2D eigenvalue weighted by Crippen LogP contribution is 2.39. The third-order valence-corrected chi connectivity index (χ3v) is 3.78. The van der Waals surface area contributed by atoms with Crippen LogP contribution in [0, 0.1) is 0 Å². The normalized spacial score (nSPS) is 22.6. The number of rotatable bonds is 2. The lowest BCUT2D eigenvalue weighted by Crippen LogP contribution is -2.43. The number of amides is 4. The van der Waals surface area contributed by atoms with Crippen LogP contribution in [0.15, 0.2) is 6.20 Å². The number of nitrogens with zero attached hydrogens (tertiary/aromatic N) is 3. The second-order valence-corrected chi connectivity index (χ2v) is 5.21. The molecule has 0 aliphatic carbocycles. The molecular weight excluding hydrogens is 276 g/mol. The maximum absolute atomic E-state index is 12.0. The number of hydrogen-bond donors (Lipinski definition) is 3. The van der Waals surface area contributed by atoms with E-state index in [1.165, 1.54) is 6.92 Å². The molecule has 2 aliphatic heterocycles. The Hall–Kier alpha value is -2.58. The minimum absolute atomic E-state index is 0.0625. The molecule has 1 fully saturated rings. The zero-order valence-electron chi connectivity index (χ0n) is 11.7. The Labute approximate surface area is 120 Å². The van der Waals surface area contributed by atoms with Crippen molar-refractivity contribution in [1.82, 2.24) is 30.8 Å². The summed E-state index contributed by atoms with van der Waals surface area (Å²) in [6, 6.07) is -0.649. The highest BCUT2D eigenvalue weighted by atomic mass is 16.2. The molecule has 4 amide bonds. The van der Waals surface area contributed by atoms with Gasteiger partial charge in [0.1, 0.15) is 0 Å². The summed E-state index contributed by atoms with van der Waals surface area (Å²) in [6.45, 7) is 1.83. The fourth-order valence-corrected chi connectivity index (χ4v) is 2.88. The number of nitrogens with one attached hydrogen (secondary N) is 3. The van der Waals surface area contributed by atoms with Gasteiger partial charge in [-0.05, 0) is 0 Å². The van der Waals surface area contributed by atoms with Gasteiger partial charge < -0.3 is 10.2 Å². The van der Waals surface area contributed by atoms with Crippen LogP contribution in [0.3, 0.4) is 0 Å². The van der Waals surface area contributed by atoms with Gasteiger partial charge in [0, 0.05) is 26.1 Å². The van der Waals surface area contributed by atoms with Gasteiger partial charge in [-0.25, -0.2) is 4.79 Å². The molecule has 112 valence electrons. The Bertz CT molecular complexity index is 625. The van der Waals surface area contributed by atoms with Crippen LogP contribution in [-0.4, -0.2) is 39.1 Å². The number of aromatic nitrogens is 2. The van der Waals surface area contributed by atoms with E-state index in [1.54, 1.807) is 22.8 Å². The van der Waals surface area contributed by atoms with E-state index in [0.29, 0.717) is 6.54 Å². The molecule has 0 radical (unpaired) electrons. The molecule has 9 heteroatoms. The average molecular weight is 292 g/mol. The highest BCUT2D eigenvalue weighted by molar-refractivity contribution is 5.83. The Morgan fingerprint density at radius 1 is 1.48 bits per heavy atom. The first-order chi connectivity index (χ1) is 9.97. The molecule has 0 spiro atoms. The zero-order chi connectivity index (χ0) is 15.1. The average Bonchev–Trinajstić information content (AvgIpc) is 2.95. The van der Waals surface area contributed by atoms with Crippen LogP contribution in [0.4, 0.5) is 4.79 Å². The molecule has 21 heavy (non-hydrogen) atoms. The predicted molar refractivity (Wildman–Crippen MR) is 70.5 cm³/mol. The van der Waals surface area contributed by atoms with Crippen LogP contribution in [0.5, 0.6) is 0 Å². The lowest BCUT2D eigenvalue weighted by molar-refractivity contribution is -0.128. The van der Waals surface area contributed by atoms with E-state index in [1.807, 2.05) is 0 Å². The summed E-state index contributed by atoms with van der Waals surface area (Å²) in [6.07, 6.45) is 1.79. The molecule has 0 aromatic carbocycles. The summed E-state index contributed by atoms with van der Waals surface area (Å²) in [5.41, 5.74) is 6.35. The first kappa shape index (κ1) is 13.4. The second kappa shape index (κ2) is 4.76. The van der Waals surface area contributed by atoms with Crippen LogP contribution >= 0.6 is 0 Å². The van der Waals surface area contributed by atoms with Gasteiger partial charge in [-0.15, -0.1) is 0 Å². The van der Waals surface area contributed by atoms with Crippen molar-refractivity contribution in [2.75, 3.05) is 6.54 Å². The number of urea groups is 1. The fourth-order valence-electron chi connectivity index (χ4n) is 2.88. The summed E-state index contributed by atoms with van der Waals surface area (Å²) in [4.78, 5) is 36.3. The van der Waals surface area contributed by atoms with Gasteiger partial charge >= 0.3 is 6.03 Å². The number of aryl methyl sites for hydroxylation is 1. The number of hydrazine groups is 1. The molecule has 1 saturated heterocycles. The third-order valence-electron chi connectivity index (χ3n) is 3.78. The number of carbonyl (C=O) groups excluding carboxylic acids is 3. The molecule has 9 nitrogen and oxygen atoms in total. The van der Waals surface area contributed by atoms with Gasteiger partial charge in [0.2, 0.25) is 11.8 Å². The van der Waals surface area contributed by atoms with Crippen molar-refractivity contribution in [3.63, 3.8) is 0 Å². The molecular formula is C12H16N6O3. The molecule has 0 saturated carbocycles. The Morgan fingerprint density at radius 3 is 2.95 bits per heavy atom. The van der Waals surface area contributed by atoms with Crippen molar-refractivity contribution in [3.05, 3.63) is 17.5 Å². The van der Waals surface area contributed by atoms with E-state index in [9.17, 15) is 14.4 Å². The first-order valence-electron chi connectivity index (χ1n) is 6.61. The Morgan fingerprint density at radius 2 is 2.24 bits per heavy atom. The summed E-state index contributed by atoms with van der Waals surface area (Å²) >= 11 is 0. The summed E-state index contributed by atoms with van der Waals surface area (Å²) < 4.78 is 1.69.